The number of rotatable bonds is 14. The van der Waals surface area contributed by atoms with E-state index < -0.39 is 96.4 Å². The second-order valence-corrected chi connectivity index (χ2v) is 14.8. The first-order valence-corrected chi connectivity index (χ1v) is 16.4. The largest absolute Gasteiger partial charge is 0.460 e. The molecule has 3 rings (SSSR count). The van der Waals surface area contributed by atoms with Crippen molar-refractivity contribution >= 4 is 16.3 Å². The molecule has 3 aromatic carbocycles. The number of benzene rings is 3. The standard InChI is InChI=1S/C32H19F23O2S/c1-16-8-12-19(13-9-16)58(18-6-4-3-5-7-18,20-14-10-17(2)11-15-20)57-21(56)22(33,34)23(35,36)24(37,38)25(39,40)26(41,42)27(43,44)28(45,46)29(47,48)30(49,50)31(51,52)32(53,54)55/h3-15H,1-2H3. The molecule has 0 aliphatic rings. The van der Waals surface area contributed by atoms with Crippen LogP contribution in [-0.2, 0) is 8.98 Å². The van der Waals surface area contributed by atoms with Crippen molar-refractivity contribution in [3.05, 3.63) is 90.0 Å². The highest BCUT2D eigenvalue weighted by molar-refractivity contribution is 8.30. The van der Waals surface area contributed by atoms with Gasteiger partial charge in [-0.05, 0) is 60.6 Å². The van der Waals surface area contributed by atoms with E-state index in [1.807, 2.05) is 0 Å². The lowest BCUT2D eigenvalue weighted by molar-refractivity contribution is -0.477. The van der Waals surface area contributed by atoms with Crippen molar-refractivity contribution < 1.29 is 110 Å². The molecule has 0 heterocycles. The summed E-state index contributed by atoms with van der Waals surface area (Å²) in [7, 11) is -4.37. The van der Waals surface area contributed by atoms with Gasteiger partial charge in [0.25, 0.3) is 0 Å². The zero-order valence-electron chi connectivity index (χ0n) is 27.9. The van der Waals surface area contributed by atoms with Crippen LogP contribution in [-0.4, -0.2) is 71.4 Å². The molecule has 0 N–H and O–H groups in total. The van der Waals surface area contributed by atoms with Gasteiger partial charge in [0.2, 0.25) is 0 Å². The SMILES string of the molecule is Cc1ccc(S(OC(=O)C(F)(F)C(F)(F)C(F)(F)C(F)(F)C(F)(F)C(F)(F)C(F)(F)C(F)(F)C(F)(F)C(F)(F)C(F)(F)F)(c2ccccc2)c2ccc(C)cc2)cc1. The highest BCUT2D eigenvalue weighted by atomic mass is 32.3. The van der Waals surface area contributed by atoms with Crippen LogP contribution in [0.1, 0.15) is 11.1 Å². The fraction of sp³-hybridized carbons (Fsp3) is 0.406. The van der Waals surface area contributed by atoms with Gasteiger partial charge in [0.1, 0.15) is 0 Å². The Balaban J connectivity index is 2.25. The highest BCUT2D eigenvalue weighted by Crippen LogP contribution is 2.71. The van der Waals surface area contributed by atoms with Crippen molar-refractivity contribution in [2.75, 3.05) is 0 Å². The number of carbonyl (C=O) groups is 1. The maximum Gasteiger partial charge on any atom is 0.460 e. The van der Waals surface area contributed by atoms with Gasteiger partial charge in [0, 0.05) is 14.7 Å². The third-order valence-electron chi connectivity index (χ3n) is 8.14. The molecule has 326 valence electrons. The number of aryl methyl sites for hydroxylation is 2. The summed E-state index contributed by atoms with van der Waals surface area (Å²) in [4.78, 5) is 11.6. The molecule has 26 heteroatoms. The Morgan fingerprint density at radius 2 is 0.638 bits per heavy atom. The van der Waals surface area contributed by atoms with Gasteiger partial charge in [0.05, 0.1) is 0 Å². The maximum atomic E-state index is 15.3. The topological polar surface area (TPSA) is 26.3 Å². The summed E-state index contributed by atoms with van der Waals surface area (Å²) in [6, 6.07) is 13.9. The lowest BCUT2D eigenvalue weighted by atomic mass is 9.85. The van der Waals surface area contributed by atoms with E-state index in [0.29, 0.717) is 11.1 Å². The Kier molecular flexibility index (Phi) is 11.9. The molecule has 0 saturated carbocycles. The van der Waals surface area contributed by atoms with Gasteiger partial charge in [-0.3, -0.25) is 0 Å². The average molecular weight is 905 g/mol. The third kappa shape index (κ3) is 6.58. The van der Waals surface area contributed by atoms with Crippen LogP contribution in [0.15, 0.2) is 93.5 Å². The van der Waals surface area contributed by atoms with Gasteiger partial charge >= 0.3 is 71.4 Å². The Labute approximate surface area is 310 Å². The van der Waals surface area contributed by atoms with E-state index in [4.69, 9.17) is 4.18 Å². The molecule has 0 saturated heterocycles. The van der Waals surface area contributed by atoms with Crippen LogP contribution < -0.4 is 0 Å². The lowest BCUT2D eigenvalue weighted by Crippen LogP contribution is -2.78. The lowest BCUT2D eigenvalue weighted by Gasteiger charge is -2.45. The van der Waals surface area contributed by atoms with Crippen LogP contribution in [0, 0.1) is 13.8 Å². The van der Waals surface area contributed by atoms with Crippen LogP contribution >= 0.6 is 10.3 Å². The van der Waals surface area contributed by atoms with E-state index in [-0.39, 0.29) is 0 Å². The Bertz CT molecular complexity index is 1900. The molecule has 3 aromatic rings. The molecule has 0 spiro atoms. The van der Waals surface area contributed by atoms with Crippen LogP contribution in [0.5, 0.6) is 0 Å². The first kappa shape index (κ1) is 48.2. The van der Waals surface area contributed by atoms with E-state index in [1.165, 1.54) is 44.2 Å². The van der Waals surface area contributed by atoms with E-state index in [2.05, 4.69) is 0 Å². The van der Waals surface area contributed by atoms with E-state index in [9.17, 15) is 88.2 Å². The Morgan fingerprint density at radius 3 is 0.931 bits per heavy atom. The zero-order chi connectivity index (χ0) is 45.4. The summed E-state index contributed by atoms with van der Waals surface area (Å²) in [6.45, 7) is 2.83. The minimum absolute atomic E-state index is 0.359. The number of hydrogen-bond acceptors (Lipinski definition) is 2. The normalized spacial score (nSPS) is 15.3. The molecule has 0 aliphatic carbocycles. The van der Waals surface area contributed by atoms with Crippen molar-refractivity contribution in [1.82, 2.24) is 0 Å². The molecule has 0 fully saturated rings. The smallest absolute Gasteiger partial charge is 0.397 e. The van der Waals surface area contributed by atoms with Crippen LogP contribution in [0.25, 0.3) is 0 Å². The summed E-state index contributed by atoms with van der Waals surface area (Å²) in [5.41, 5.74) is 0.718. The van der Waals surface area contributed by atoms with Gasteiger partial charge in [-0.1, -0.05) is 53.6 Å². The molecule has 0 bridgehead atoms. The number of halogens is 23. The third-order valence-corrected chi connectivity index (χ3v) is 11.4. The second-order valence-electron chi connectivity index (χ2n) is 12.1. The number of carbonyl (C=O) groups excluding carboxylic acids is 1. The molecular formula is C32H19F23O2S. The molecule has 0 atom stereocenters. The average Bonchev–Trinajstić information content (AvgIpc) is 3.10. The van der Waals surface area contributed by atoms with Gasteiger partial charge in [0.15, 0.2) is 0 Å². The monoisotopic (exact) mass is 904 g/mol. The van der Waals surface area contributed by atoms with Gasteiger partial charge < -0.3 is 4.18 Å². The van der Waals surface area contributed by atoms with Crippen LogP contribution in [0.2, 0.25) is 0 Å². The van der Waals surface area contributed by atoms with Crippen molar-refractivity contribution in [3.8, 4) is 0 Å². The Hall–Kier alpha value is -4.13. The summed E-state index contributed by atoms with van der Waals surface area (Å²) in [5, 5.41) is 0. The molecule has 0 aliphatic heterocycles. The van der Waals surface area contributed by atoms with Gasteiger partial charge in [-0.15, -0.1) is 0 Å². The van der Waals surface area contributed by atoms with Crippen molar-refractivity contribution in [3.63, 3.8) is 0 Å². The fourth-order valence-electron chi connectivity index (χ4n) is 4.67. The molecule has 0 unspecified atom stereocenters. The molecule has 0 aromatic heterocycles. The molecule has 2 nitrogen and oxygen atoms in total. The van der Waals surface area contributed by atoms with Gasteiger partial charge in [-0.2, -0.15) is 101 Å². The Morgan fingerprint density at radius 1 is 0.379 bits per heavy atom. The maximum absolute atomic E-state index is 15.3. The summed E-state index contributed by atoms with van der Waals surface area (Å²) < 4.78 is 327. The van der Waals surface area contributed by atoms with Crippen molar-refractivity contribution in [1.29, 1.82) is 0 Å². The van der Waals surface area contributed by atoms with E-state index in [1.54, 1.807) is 0 Å². The first-order chi connectivity index (χ1) is 25.7. The quantitative estimate of drug-likeness (QED) is 0.151. The number of hydrogen-bond donors (Lipinski definition) is 0. The van der Waals surface area contributed by atoms with E-state index >= 15 is 17.6 Å². The van der Waals surface area contributed by atoms with Crippen LogP contribution in [0.3, 0.4) is 0 Å². The predicted octanol–water partition coefficient (Wildman–Crippen LogP) is 13.0. The minimum atomic E-state index is -9.56. The summed E-state index contributed by atoms with van der Waals surface area (Å²) in [6.07, 6.45) is -8.16. The molecule has 0 amide bonds. The molecule has 58 heavy (non-hydrogen) atoms. The van der Waals surface area contributed by atoms with Crippen LogP contribution in [0.4, 0.5) is 101 Å². The molecule has 0 radical (unpaired) electrons. The molecular weight excluding hydrogens is 885 g/mol. The predicted molar refractivity (Wildman–Crippen MR) is 153 cm³/mol. The minimum Gasteiger partial charge on any atom is -0.397 e. The second kappa shape index (κ2) is 14.3. The summed E-state index contributed by atoms with van der Waals surface area (Å²) in [5.74, 6) is -94.5. The number of alkyl halides is 23. The fourth-order valence-corrected chi connectivity index (χ4v) is 7.69. The summed E-state index contributed by atoms with van der Waals surface area (Å²) >= 11 is 0. The van der Waals surface area contributed by atoms with Crippen molar-refractivity contribution in [2.24, 2.45) is 0 Å². The highest BCUT2D eigenvalue weighted by Gasteiger charge is 2.99. The zero-order valence-corrected chi connectivity index (χ0v) is 28.7. The van der Waals surface area contributed by atoms with E-state index in [0.717, 1.165) is 48.5 Å². The first-order valence-electron chi connectivity index (χ1n) is 14.8. The van der Waals surface area contributed by atoms with Gasteiger partial charge in [-0.25, -0.2) is 4.79 Å². The van der Waals surface area contributed by atoms with Crippen molar-refractivity contribution in [2.45, 2.75) is 93.9 Å².